The molecule has 0 saturated heterocycles. The number of benzene rings is 2. The highest BCUT2D eigenvalue weighted by Crippen LogP contribution is 2.40. The lowest BCUT2D eigenvalue weighted by Gasteiger charge is -2.13. The minimum Gasteiger partial charge on any atom is -0.493 e. The van der Waals surface area contributed by atoms with Crippen LogP contribution >= 0.6 is 23.2 Å². The van der Waals surface area contributed by atoms with Gasteiger partial charge in [-0.2, -0.15) is 0 Å². The van der Waals surface area contributed by atoms with Gasteiger partial charge >= 0.3 is 0 Å². The van der Waals surface area contributed by atoms with Crippen molar-refractivity contribution in [3.63, 3.8) is 0 Å². The van der Waals surface area contributed by atoms with Crippen LogP contribution in [0, 0.1) is 0 Å². The third-order valence-corrected chi connectivity index (χ3v) is 6.22. The molecule has 6 heteroatoms. The van der Waals surface area contributed by atoms with Crippen LogP contribution in [0.3, 0.4) is 0 Å². The number of furan rings is 1. The van der Waals surface area contributed by atoms with Crippen LogP contribution in [-0.2, 0) is 4.79 Å². The Labute approximate surface area is 192 Å². The fourth-order valence-corrected chi connectivity index (χ4v) is 4.65. The van der Waals surface area contributed by atoms with Gasteiger partial charge in [0, 0.05) is 45.3 Å². The smallest absolute Gasteiger partial charge is 0.244 e. The molecule has 4 rings (SSSR count). The van der Waals surface area contributed by atoms with Crippen LogP contribution in [0.15, 0.2) is 47.1 Å². The number of carbonyl (C=O) groups is 1. The summed E-state index contributed by atoms with van der Waals surface area (Å²) in [5.74, 6) is 0.612. The van der Waals surface area contributed by atoms with Crippen molar-refractivity contribution in [3.05, 3.63) is 58.3 Å². The average Bonchev–Trinajstić information content (AvgIpc) is 3.37. The van der Waals surface area contributed by atoms with Crippen LogP contribution < -0.4 is 10.1 Å². The maximum Gasteiger partial charge on any atom is 0.244 e. The van der Waals surface area contributed by atoms with E-state index >= 15 is 0 Å². The summed E-state index contributed by atoms with van der Waals surface area (Å²) in [6, 6.07) is 9.54. The molecular weight excluding hydrogens is 433 g/mol. The third-order valence-electron chi connectivity index (χ3n) is 5.67. The van der Waals surface area contributed by atoms with Gasteiger partial charge in [0.2, 0.25) is 5.91 Å². The summed E-state index contributed by atoms with van der Waals surface area (Å²) in [4.78, 5) is 12.6. The maximum absolute atomic E-state index is 12.6. The molecule has 31 heavy (non-hydrogen) atoms. The molecule has 0 radical (unpaired) electrons. The van der Waals surface area contributed by atoms with Gasteiger partial charge < -0.3 is 14.5 Å². The zero-order valence-electron chi connectivity index (χ0n) is 17.6. The standard InChI is InChI=1S/C25H25Cl2NO3/c1-3-30-23-13-24-20(21(14-31-24)18-9-8-16(26)11-22(18)27)12-19(23)15(2)10-25(29)28-17-6-4-5-7-17/h8-14,17H,3-7H2,1-2H3,(H,28,29)/b15-10+. The summed E-state index contributed by atoms with van der Waals surface area (Å²) in [6.07, 6.45) is 7.79. The lowest BCUT2D eigenvalue weighted by atomic mass is 9.99. The molecule has 1 aliphatic carbocycles. The summed E-state index contributed by atoms with van der Waals surface area (Å²) in [5.41, 5.74) is 4.07. The molecule has 0 aliphatic heterocycles. The minimum atomic E-state index is -0.0693. The summed E-state index contributed by atoms with van der Waals surface area (Å²) < 4.78 is 11.7. The number of nitrogens with one attached hydrogen (secondary N) is 1. The number of ether oxygens (including phenoxy) is 1. The minimum absolute atomic E-state index is 0.0693. The molecule has 1 fully saturated rings. The van der Waals surface area contributed by atoms with Crippen LogP contribution in [0.5, 0.6) is 5.75 Å². The molecule has 1 heterocycles. The third kappa shape index (κ3) is 4.76. The molecular formula is C25H25Cl2NO3. The van der Waals surface area contributed by atoms with Crippen molar-refractivity contribution in [2.24, 2.45) is 0 Å². The first kappa shape index (κ1) is 21.8. The quantitative estimate of drug-likeness (QED) is 0.395. The monoisotopic (exact) mass is 457 g/mol. The Bertz CT molecular complexity index is 1140. The molecule has 162 valence electrons. The Morgan fingerprint density at radius 3 is 2.68 bits per heavy atom. The van der Waals surface area contributed by atoms with Crippen molar-refractivity contribution >= 4 is 45.7 Å². The predicted molar refractivity (Wildman–Crippen MR) is 127 cm³/mol. The molecule has 1 saturated carbocycles. The van der Waals surface area contributed by atoms with E-state index in [0.29, 0.717) is 28.0 Å². The van der Waals surface area contributed by atoms with E-state index in [4.69, 9.17) is 32.4 Å². The number of hydrogen-bond acceptors (Lipinski definition) is 3. The first-order valence-corrected chi connectivity index (χ1v) is 11.3. The Morgan fingerprint density at radius 1 is 1.19 bits per heavy atom. The van der Waals surface area contributed by atoms with Crippen molar-refractivity contribution in [1.82, 2.24) is 5.32 Å². The van der Waals surface area contributed by atoms with E-state index in [1.807, 2.05) is 32.0 Å². The molecule has 0 spiro atoms. The van der Waals surface area contributed by atoms with E-state index < -0.39 is 0 Å². The summed E-state index contributed by atoms with van der Waals surface area (Å²) in [6.45, 7) is 4.37. The Hall–Kier alpha value is -2.43. The van der Waals surface area contributed by atoms with Crippen LogP contribution in [0.2, 0.25) is 10.0 Å². The molecule has 0 unspecified atom stereocenters. The topological polar surface area (TPSA) is 51.5 Å². The number of allylic oxidation sites excluding steroid dienone is 1. The van der Waals surface area contributed by atoms with Gasteiger partial charge in [-0.3, -0.25) is 4.79 Å². The fraction of sp³-hybridized carbons (Fsp3) is 0.320. The van der Waals surface area contributed by atoms with Gasteiger partial charge in [-0.25, -0.2) is 0 Å². The first-order valence-electron chi connectivity index (χ1n) is 10.6. The van der Waals surface area contributed by atoms with Crippen LogP contribution in [0.4, 0.5) is 0 Å². The van der Waals surface area contributed by atoms with Gasteiger partial charge in [-0.15, -0.1) is 0 Å². The molecule has 4 nitrogen and oxygen atoms in total. The summed E-state index contributed by atoms with van der Waals surface area (Å²) in [7, 11) is 0. The predicted octanol–water partition coefficient (Wildman–Crippen LogP) is 7.27. The van der Waals surface area contributed by atoms with Crippen molar-refractivity contribution in [1.29, 1.82) is 0 Å². The van der Waals surface area contributed by atoms with Crippen molar-refractivity contribution in [3.8, 4) is 16.9 Å². The van der Waals surface area contributed by atoms with E-state index in [1.54, 1.807) is 24.5 Å². The second kappa shape index (κ2) is 9.37. The number of carbonyl (C=O) groups excluding carboxylic acids is 1. The van der Waals surface area contributed by atoms with Crippen LogP contribution in [-0.4, -0.2) is 18.6 Å². The number of hydrogen-bond donors (Lipinski definition) is 1. The molecule has 1 aromatic heterocycles. The molecule has 0 atom stereocenters. The van der Waals surface area contributed by atoms with E-state index in [-0.39, 0.29) is 11.9 Å². The lowest BCUT2D eigenvalue weighted by Crippen LogP contribution is -2.31. The number of rotatable bonds is 6. The lowest BCUT2D eigenvalue weighted by molar-refractivity contribution is -0.117. The first-order chi connectivity index (χ1) is 15.0. The van der Waals surface area contributed by atoms with E-state index in [0.717, 1.165) is 40.5 Å². The van der Waals surface area contributed by atoms with E-state index in [1.165, 1.54) is 12.8 Å². The maximum atomic E-state index is 12.6. The molecule has 1 amide bonds. The van der Waals surface area contributed by atoms with E-state index in [9.17, 15) is 4.79 Å². The summed E-state index contributed by atoms with van der Waals surface area (Å²) >= 11 is 12.5. The van der Waals surface area contributed by atoms with E-state index in [2.05, 4.69) is 5.32 Å². The van der Waals surface area contributed by atoms with Crippen molar-refractivity contribution in [2.45, 2.75) is 45.6 Å². The SMILES string of the molecule is CCOc1cc2occ(-c3ccc(Cl)cc3Cl)c2cc1/C(C)=C/C(=O)NC1CCCC1. The molecule has 3 aromatic rings. The van der Waals surface area contributed by atoms with Gasteiger partial charge in [0.15, 0.2) is 0 Å². The van der Waals surface area contributed by atoms with Gasteiger partial charge in [0.25, 0.3) is 0 Å². The molecule has 2 aromatic carbocycles. The highest BCUT2D eigenvalue weighted by Gasteiger charge is 2.19. The zero-order valence-corrected chi connectivity index (χ0v) is 19.1. The second-order valence-electron chi connectivity index (χ2n) is 7.87. The normalized spacial score (nSPS) is 14.9. The van der Waals surface area contributed by atoms with Crippen LogP contribution in [0.25, 0.3) is 27.7 Å². The van der Waals surface area contributed by atoms with Crippen molar-refractivity contribution < 1.29 is 13.9 Å². The molecule has 1 aliphatic rings. The zero-order chi connectivity index (χ0) is 22.0. The van der Waals surface area contributed by atoms with Crippen LogP contribution in [0.1, 0.15) is 45.1 Å². The fourth-order valence-electron chi connectivity index (χ4n) is 4.14. The largest absolute Gasteiger partial charge is 0.493 e. The van der Waals surface area contributed by atoms with Gasteiger partial charge in [-0.1, -0.05) is 42.1 Å². The van der Waals surface area contributed by atoms with Gasteiger partial charge in [-0.05, 0) is 50.5 Å². The Morgan fingerprint density at radius 2 is 1.97 bits per heavy atom. The number of halogens is 2. The highest BCUT2D eigenvalue weighted by atomic mass is 35.5. The highest BCUT2D eigenvalue weighted by molar-refractivity contribution is 6.36. The molecule has 1 N–H and O–H groups in total. The second-order valence-corrected chi connectivity index (χ2v) is 8.71. The van der Waals surface area contributed by atoms with Crippen molar-refractivity contribution in [2.75, 3.05) is 6.61 Å². The van der Waals surface area contributed by atoms with Gasteiger partial charge in [0.1, 0.15) is 11.3 Å². The molecule has 0 bridgehead atoms. The Balaban J connectivity index is 1.74. The number of amides is 1. The number of fused-ring (bicyclic) bond motifs is 1. The van der Waals surface area contributed by atoms with Gasteiger partial charge in [0.05, 0.1) is 17.9 Å². The Kier molecular flexibility index (Phi) is 6.59. The average molecular weight is 458 g/mol. The summed E-state index contributed by atoms with van der Waals surface area (Å²) in [5, 5.41) is 5.13.